The average Bonchev–Trinajstić information content (AvgIpc) is 3.08. The van der Waals surface area contributed by atoms with Crippen molar-refractivity contribution in [2.24, 2.45) is 0 Å². The molecule has 1 amide bonds. The minimum absolute atomic E-state index is 0.00346. The predicted molar refractivity (Wildman–Crippen MR) is 109 cm³/mol. The van der Waals surface area contributed by atoms with Crippen LogP contribution >= 0.6 is 24.0 Å². The van der Waals surface area contributed by atoms with E-state index in [2.05, 4.69) is 6.92 Å². The zero-order chi connectivity index (χ0) is 18.7. The first kappa shape index (κ1) is 19.4. The van der Waals surface area contributed by atoms with Crippen LogP contribution in [0.2, 0.25) is 0 Å². The van der Waals surface area contributed by atoms with Gasteiger partial charge in [0.15, 0.2) is 9.84 Å². The highest BCUT2D eigenvalue weighted by Crippen LogP contribution is 2.36. The number of thioether (sulfide) groups is 1. The van der Waals surface area contributed by atoms with Gasteiger partial charge in [-0.25, -0.2) is 8.42 Å². The highest BCUT2D eigenvalue weighted by Gasteiger charge is 2.42. The van der Waals surface area contributed by atoms with Gasteiger partial charge in [0.2, 0.25) is 0 Å². The third-order valence-corrected chi connectivity index (χ3v) is 7.42. The summed E-state index contributed by atoms with van der Waals surface area (Å²) in [4.78, 5) is 14.7. The van der Waals surface area contributed by atoms with Crippen molar-refractivity contribution in [3.63, 3.8) is 0 Å². The lowest BCUT2D eigenvalue weighted by molar-refractivity contribution is -0.123. The van der Waals surface area contributed by atoms with Gasteiger partial charge < -0.3 is 4.74 Å². The third kappa shape index (κ3) is 4.47. The maximum absolute atomic E-state index is 12.7. The fraction of sp³-hybridized carbons (Fsp3) is 0.444. The summed E-state index contributed by atoms with van der Waals surface area (Å²) < 4.78 is 29.5. The molecule has 2 saturated heterocycles. The Morgan fingerprint density at radius 1 is 1.35 bits per heavy atom. The highest BCUT2D eigenvalue weighted by molar-refractivity contribution is 8.26. The Labute approximate surface area is 163 Å². The van der Waals surface area contributed by atoms with Crippen molar-refractivity contribution in [1.82, 2.24) is 4.90 Å². The van der Waals surface area contributed by atoms with E-state index in [9.17, 15) is 13.2 Å². The molecule has 5 nitrogen and oxygen atoms in total. The second-order valence-corrected chi connectivity index (χ2v) is 10.3. The van der Waals surface area contributed by atoms with Crippen LogP contribution in [0.1, 0.15) is 31.7 Å². The number of unbranched alkanes of at least 4 members (excludes halogenated alkanes) is 1. The standard InChI is InChI=1S/C18H21NO4S3/c1-2-3-9-23-15-6-4-13(5-7-15)11-16-17(20)19(18(24)25-16)14-8-10-26(21,22)12-14/h4-7,11,14H,2-3,8-10,12H2,1H3. The zero-order valence-corrected chi connectivity index (χ0v) is 17.0. The van der Waals surface area contributed by atoms with Crippen LogP contribution in [0.4, 0.5) is 0 Å². The lowest BCUT2D eigenvalue weighted by Crippen LogP contribution is -2.39. The van der Waals surface area contributed by atoms with Crippen LogP contribution in [0, 0.1) is 0 Å². The number of hydrogen-bond acceptors (Lipinski definition) is 6. The molecule has 2 aliphatic rings. The summed E-state index contributed by atoms with van der Waals surface area (Å²) in [7, 11) is -3.07. The van der Waals surface area contributed by atoms with Gasteiger partial charge in [0, 0.05) is 0 Å². The van der Waals surface area contributed by atoms with Crippen molar-refractivity contribution in [1.29, 1.82) is 0 Å². The van der Waals surface area contributed by atoms with Crippen molar-refractivity contribution < 1.29 is 17.9 Å². The summed E-state index contributed by atoms with van der Waals surface area (Å²) in [6.07, 6.45) is 4.34. The van der Waals surface area contributed by atoms with E-state index in [1.165, 1.54) is 16.7 Å². The quantitative estimate of drug-likeness (QED) is 0.407. The monoisotopic (exact) mass is 411 g/mol. The van der Waals surface area contributed by atoms with Gasteiger partial charge in [0.25, 0.3) is 5.91 Å². The summed E-state index contributed by atoms with van der Waals surface area (Å²) in [5, 5.41) is 0. The molecule has 2 fully saturated rings. The van der Waals surface area contributed by atoms with Crippen LogP contribution in [0.25, 0.3) is 6.08 Å². The first-order valence-electron chi connectivity index (χ1n) is 8.60. The highest BCUT2D eigenvalue weighted by atomic mass is 32.2. The van der Waals surface area contributed by atoms with Crippen molar-refractivity contribution in [2.45, 2.75) is 32.2 Å². The van der Waals surface area contributed by atoms with E-state index < -0.39 is 9.84 Å². The van der Waals surface area contributed by atoms with Crippen molar-refractivity contribution in [3.8, 4) is 5.75 Å². The summed E-state index contributed by atoms with van der Waals surface area (Å²) in [5.74, 6) is 0.716. The maximum Gasteiger partial charge on any atom is 0.266 e. The summed E-state index contributed by atoms with van der Waals surface area (Å²) >= 11 is 6.54. The number of carbonyl (C=O) groups is 1. The molecular weight excluding hydrogens is 390 g/mol. The van der Waals surface area contributed by atoms with E-state index in [0.29, 0.717) is 22.3 Å². The first-order chi connectivity index (χ1) is 12.4. The molecule has 0 aliphatic carbocycles. The van der Waals surface area contributed by atoms with E-state index in [-0.39, 0.29) is 23.5 Å². The summed E-state index contributed by atoms with van der Waals surface area (Å²) in [6.45, 7) is 2.81. The van der Waals surface area contributed by atoms with E-state index >= 15 is 0 Å². The van der Waals surface area contributed by atoms with Crippen LogP contribution < -0.4 is 4.74 Å². The molecule has 1 aromatic carbocycles. The number of rotatable bonds is 6. The first-order valence-corrected chi connectivity index (χ1v) is 11.6. The molecule has 140 valence electrons. The van der Waals surface area contributed by atoms with Gasteiger partial charge >= 0.3 is 0 Å². The van der Waals surface area contributed by atoms with E-state index in [1.54, 1.807) is 6.08 Å². The Kier molecular flexibility index (Phi) is 6.04. The van der Waals surface area contributed by atoms with Crippen LogP contribution in [-0.4, -0.2) is 47.7 Å². The molecule has 0 bridgehead atoms. The fourth-order valence-corrected chi connectivity index (χ4v) is 6.02. The number of amides is 1. The number of carbonyl (C=O) groups excluding carboxylic acids is 1. The number of hydrogen-bond donors (Lipinski definition) is 0. The molecule has 26 heavy (non-hydrogen) atoms. The van der Waals surface area contributed by atoms with Crippen LogP contribution in [0.5, 0.6) is 5.75 Å². The number of ether oxygens (including phenoxy) is 1. The Morgan fingerprint density at radius 3 is 2.69 bits per heavy atom. The van der Waals surface area contributed by atoms with Gasteiger partial charge in [-0.3, -0.25) is 9.69 Å². The van der Waals surface area contributed by atoms with Crippen molar-refractivity contribution in [2.75, 3.05) is 18.1 Å². The maximum atomic E-state index is 12.7. The molecular formula is C18H21NO4S3. The lowest BCUT2D eigenvalue weighted by Gasteiger charge is -2.20. The topological polar surface area (TPSA) is 63.7 Å². The Hall–Kier alpha value is -1.38. The predicted octanol–water partition coefficient (Wildman–Crippen LogP) is 3.25. The SMILES string of the molecule is CCCCOc1ccc(C=C2SC(=S)N(C3CCS(=O)(=O)C3)C2=O)cc1. The number of benzene rings is 1. The minimum atomic E-state index is -3.07. The average molecular weight is 412 g/mol. The number of nitrogens with zero attached hydrogens (tertiary/aromatic N) is 1. The second kappa shape index (κ2) is 8.10. The molecule has 0 spiro atoms. The second-order valence-electron chi connectivity index (χ2n) is 6.38. The summed E-state index contributed by atoms with van der Waals surface area (Å²) in [5.41, 5.74) is 0.882. The zero-order valence-electron chi connectivity index (χ0n) is 14.5. The third-order valence-electron chi connectivity index (χ3n) is 4.34. The Bertz CT molecular complexity index is 830. The Morgan fingerprint density at radius 2 is 2.08 bits per heavy atom. The largest absolute Gasteiger partial charge is 0.494 e. The van der Waals surface area contributed by atoms with E-state index in [0.717, 1.165) is 24.2 Å². The summed E-state index contributed by atoms with van der Waals surface area (Å²) in [6, 6.07) is 7.21. The van der Waals surface area contributed by atoms with Crippen LogP contribution in [0.3, 0.4) is 0 Å². The molecule has 2 aliphatic heterocycles. The molecule has 1 unspecified atom stereocenters. The number of thiocarbonyl (C=S) groups is 1. The molecule has 0 N–H and O–H groups in total. The Balaban J connectivity index is 1.70. The van der Waals surface area contributed by atoms with Gasteiger partial charge in [0.05, 0.1) is 29.1 Å². The van der Waals surface area contributed by atoms with Gasteiger partial charge in [-0.1, -0.05) is 49.5 Å². The lowest BCUT2D eigenvalue weighted by atomic mass is 10.2. The molecule has 3 rings (SSSR count). The molecule has 2 heterocycles. The number of sulfone groups is 1. The molecule has 0 saturated carbocycles. The molecule has 0 radical (unpaired) electrons. The normalized spacial score (nSPS) is 23.8. The van der Waals surface area contributed by atoms with E-state index in [1.807, 2.05) is 24.3 Å². The van der Waals surface area contributed by atoms with E-state index in [4.69, 9.17) is 17.0 Å². The van der Waals surface area contributed by atoms with Crippen LogP contribution in [-0.2, 0) is 14.6 Å². The van der Waals surface area contributed by atoms with Crippen molar-refractivity contribution in [3.05, 3.63) is 34.7 Å². The molecule has 1 atom stereocenters. The van der Waals surface area contributed by atoms with Crippen LogP contribution in [0.15, 0.2) is 29.2 Å². The van der Waals surface area contributed by atoms with Gasteiger partial charge in [-0.05, 0) is 36.6 Å². The fourth-order valence-electron chi connectivity index (χ4n) is 2.92. The van der Waals surface area contributed by atoms with Gasteiger partial charge in [0.1, 0.15) is 10.1 Å². The van der Waals surface area contributed by atoms with Gasteiger partial charge in [-0.15, -0.1) is 0 Å². The minimum Gasteiger partial charge on any atom is -0.494 e. The molecule has 8 heteroatoms. The smallest absolute Gasteiger partial charge is 0.266 e. The molecule has 0 aromatic heterocycles. The van der Waals surface area contributed by atoms with Gasteiger partial charge in [-0.2, -0.15) is 0 Å². The molecule has 1 aromatic rings. The van der Waals surface area contributed by atoms with Crippen molar-refractivity contribution >= 4 is 50.1 Å².